The molecule has 2 aromatic carbocycles. The molecule has 2 amide bonds. The van der Waals surface area contributed by atoms with Crippen molar-refractivity contribution in [3.05, 3.63) is 53.6 Å². The third kappa shape index (κ3) is 3.16. The van der Waals surface area contributed by atoms with Gasteiger partial charge in [-0.2, -0.15) is 0 Å². The first-order chi connectivity index (χ1) is 13.3. The van der Waals surface area contributed by atoms with Crippen LogP contribution in [0.4, 0.5) is 21.9 Å². The number of aryl methyl sites for hydroxylation is 2. The van der Waals surface area contributed by atoms with E-state index in [1.165, 1.54) is 11.1 Å². The second kappa shape index (κ2) is 6.89. The van der Waals surface area contributed by atoms with Gasteiger partial charge in [0.05, 0.1) is 0 Å². The van der Waals surface area contributed by atoms with E-state index in [0.717, 1.165) is 62.3 Å². The lowest BCUT2D eigenvalue weighted by atomic mass is 10.0. The van der Waals surface area contributed by atoms with Gasteiger partial charge in [0.25, 0.3) is 0 Å². The average molecular weight is 362 g/mol. The Bertz CT molecular complexity index is 851. The Kier molecular flexibility index (Phi) is 4.24. The molecule has 0 saturated carbocycles. The summed E-state index contributed by atoms with van der Waals surface area (Å²) in [6.45, 7) is 1.92. The van der Waals surface area contributed by atoms with E-state index in [2.05, 4.69) is 57.2 Å². The summed E-state index contributed by atoms with van der Waals surface area (Å²) in [5, 5.41) is 10.2. The Morgan fingerprint density at radius 1 is 0.963 bits per heavy atom. The van der Waals surface area contributed by atoms with Crippen LogP contribution in [0.15, 0.2) is 42.5 Å². The molecule has 0 unspecified atom stereocenters. The van der Waals surface area contributed by atoms with Crippen molar-refractivity contribution in [1.82, 2.24) is 10.2 Å². The Balaban J connectivity index is 1.36. The number of benzene rings is 2. The van der Waals surface area contributed by atoms with Crippen LogP contribution in [0.3, 0.4) is 0 Å². The Morgan fingerprint density at radius 2 is 1.78 bits per heavy atom. The van der Waals surface area contributed by atoms with Gasteiger partial charge in [0.2, 0.25) is 0 Å². The minimum atomic E-state index is 0.0418. The highest BCUT2D eigenvalue weighted by molar-refractivity contribution is 5.91. The lowest BCUT2D eigenvalue weighted by Crippen LogP contribution is -2.44. The van der Waals surface area contributed by atoms with Gasteiger partial charge in [-0.25, -0.2) is 4.79 Å². The highest BCUT2D eigenvalue weighted by Gasteiger charge is 2.38. The predicted molar refractivity (Wildman–Crippen MR) is 109 cm³/mol. The molecule has 5 rings (SSSR count). The molecule has 2 fully saturated rings. The minimum Gasteiger partial charge on any atom is -0.355 e. The van der Waals surface area contributed by atoms with Crippen LogP contribution in [0, 0.1) is 0 Å². The molecule has 5 heteroatoms. The largest absolute Gasteiger partial charge is 0.355 e. The second-order valence-electron chi connectivity index (χ2n) is 7.87. The molecule has 0 aromatic heterocycles. The molecule has 3 N–H and O–H groups in total. The number of nitrogens with zero attached hydrogens (tertiary/aromatic N) is 1. The molecule has 5 nitrogen and oxygen atoms in total. The minimum absolute atomic E-state index is 0.0418. The highest BCUT2D eigenvalue weighted by atomic mass is 16.2. The van der Waals surface area contributed by atoms with Gasteiger partial charge in [0.15, 0.2) is 0 Å². The molecule has 0 spiro atoms. The van der Waals surface area contributed by atoms with Gasteiger partial charge < -0.3 is 20.9 Å². The van der Waals surface area contributed by atoms with Gasteiger partial charge in [-0.1, -0.05) is 24.3 Å². The molecule has 0 radical (unpaired) electrons. The fraction of sp³-hybridized carbons (Fsp3) is 0.409. The Morgan fingerprint density at radius 3 is 2.70 bits per heavy atom. The second-order valence-corrected chi connectivity index (χ2v) is 7.87. The summed E-state index contributed by atoms with van der Waals surface area (Å²) in [5.74, 6) is 0. The van der Waals surface area contributed by atoms with Crippen LogP contribution >= 0.6 is 0 Å². The first-order valence-corrected chi connectivity index (χ1v) is 10.1. The highest BCUT2D eigenvalue weighted by Crippen LogP contribution is 2.33. The number of rotatable bonds is 1. The van der Waals surface area contributed by atoms with Gasteiger partial charge in [-0.05, 0) is 68.0 Å². The summed E-state index contributed by atoms with van der Waals surface area (Å²) in [7, 11) is 0. The molecule has 2 saturated heterocycles. The van der Waals surface area contributed by atoms with Crippen LogP contribution < -0.4 is 16.0 Å². The zero-order chi connectivity index (χ0) is 18.2. The van der Waals surface area contributed by atoms with Crippen LogP contribution in [0.2, 0.25) is 0 Å². The molecular formula is C22H26N4O. The van der Waals surface area contributed by atoms with Crippen molar-refractivity contribution in [3.63, 3.8) is 0 Å². The van der Waals surface area contributed by atoms with Gasteiger partial charge in [0.1, 0.15) is 0 Å². The molecule has 27 heavy (non-hydrogen) atoms. The maximum Gasteiger partial charge on any atom is 0.322 e. The number of hydrogen-bond acceptors (Lipinski definition) is 3. The number of para-hydroxylation sites is 1. The van der Waals surface area contributed by atoms with Crippen molar-refractivity contribution in [1.29, 1.82) is 0 Å². The first-order valence-electron chi connectivity index (χ1n) is 10.1. The third-order valence-electron chi connectivity index (χ3n) is 6.20. The summed E-state index contributed by atoms with van der Waals surface area (Å²) in [4.78, 5) is 15.1. The SMILES string of the molecule is O=C(Nc1ccc2c(c1)Nc1ccccc1CC2)N1[C@H]2CCNC[C@@H]1CC2. The van der Waals surface area contributed by atoms with Crippen LogP contribution in [0.1, 0.15) is 30.4 Å². The fourth-order valence-electron chi connectivity index (χ4n) is 4.77. The molecule has 3 heterocycles. The maximum atomic E-state index is 13.0. The molecule has 3 aliphatic rings. The number of carbonyl (C=O) groups is 1. The molecule has 2 aromatic rings. The number of nitrogens with one attached hydrogen (secondary N) is 3. The molecule has 2 atom stereocenters. The number of fused-ring (bicyclic) bond motifs is 4. The number of amides is 2. The molecular weight excluding hydrogens is 336 g/mol. The van der Waals surface area contributed by atoms with Crippen molar-refractivity contribution < 1.29 is 4.79 Å². The van der Waals surface area contributed by atoms with E-state index in [9.17, 15) is 4.79 Å². The lowest BCUT2D eigenvalue weighted by molar-refractivity contribution is 0.190. The van der Waals surface area contributed by atoms with Gasteiger partial charge in [-0.3, -0.25) is 0 Å². The smallest absolute Gasteiger partial charge is 0.322 e. The summed E-state index contributed by atoms with van der Waals surface area (Å²) >= 11 is 0. The summed E-state index contributed by atoms with van der Waals surface area (Å²) in [6, 6.07) is 15.4. The van der Waals surface area contributed by atoms with Crippen molar-refractivity contribution in [2.45, 2.75) is 44.2 Å². The van der Waals surface area contributed by atoms with E-state index < -0.39 is 0 Å². The summed E-state index contributed by atoms with van der Waals surface area (Å²) in [5.41, 5.74) is 5.76. The molecule has 3 aliphatic heterocycles. The molecule has 0 aliphatic carbocycles. The van der Waals surface area contributed by atoms with Crippen molar-refractivity contribution in [2.24, 2.45) is 0 Å². The average Bonchev–Trinajstić information content (AvgIpc) is 2.83. The summed E-state index contributed by atoms with van der Waals surface area (Å²) in [6.07, 6.45) is 5.32. The predicted octanol–water partition coefficient (Wildman–Crippen LogP) is 3.89. The van der Waals surface area contributed by atoms with E-state index in [-0.39, 0.29) is 6.03 Å². The quantitative estimate of drug-likeness (QED) is 0.721. The number of hydrogen-bond donors (Lipinski definition) is 3. The standard InChI is InChI=1S/C22H26N4O/c27-22(26-18-9-10-19(26)14-23-12-11-18)24-17-8-7-16-6-5-15-3-1-2-4-20(15)25-21(16)13-17/h1-4,7-8,13,18-19,23,25H,5-6,9-12,14H2,(H,24,27)/t18-,19+/m1/s1. The van der Waals surface area contributed by atoms with Gasteiger partial charge in [0, 0.05) is 35.7 Å². The first kappa shape index (κ1) is 16.6. The number of anilines is 3. The van der Waals surface area contributed by atoms with Crippen LogP contribution in [-0.4, -0.2) is 36.1 Å². The monoisotopic (exact) mass is 362 g/mol. The fourth-order valence-corrected chi connectivity index (χ4v) is 4.77. The lowest BCUT2D eigenvalue weighted by Gasteiger charge is -2.28. The van der Waals surface area contributed by atoms with E-state index in [0.29, 0.717) is 12.1 Å². The maximum absolute atomic E-state index is 13.0. The van der Waals surface area contributed by atoms with Crippen molar-refractivity contribution in [2.75, 3.05) is 23.7 Å². The van der Waals surface area contributed by atoms with E-state index in [4.69, 9.17) is 0 Å². The zero-order valence-corrected chi connectivity index (χ0v) is 15.5. The van der Waals surface area contributed by atoms with Crippen molar-refractivity contribution in [3.8, 4) is 0 Å². The van der Waals surface area contributed by atoms with Crippen LogP contribution in [0.25, 0.3) is 0 Å². The number of carbonyl (C=O) groups excluding carboxylic acids is 1. The zero-order valence-electron chi connectivity index (χ0n) is 15.5. The Hall–Kier alpha value is -2.53. The van der Waals surface area contributed by atoms with E-state index >= 15 is 0 Å². The van der Waals surface area contributed by atoms with E-state index in [1.54, 1.807) is 0 Å². The van der Waals surface area contributed by atoms with E-state index in [1.807, 2.05) is 6.07 Å². The normalized spacial score (nSPS) is 23.5. The van der Waals surface area contributed by atoms with Gasteiger partial charge >= 0.3 is 6.03 Å². The number of urea groups is 1. The molecule has 140 valence electrons. The van der Waals surface area contributed by atoms with Crippen molar-refractivity contribution >= 4 is 23.1 Å². The van der Waals surface area contributed by atoms with Gasteiger partial charge in [-0.15, -0.1) is 0 Å². The topological polar surface area (TPSA) is 56.4 Å². The van der Waals surface area contributed by atoms with Crippen LogP contribution in [0.5, 0.6) is 0 Å². The third-order valence-corrected chi connectivity index (χ3v) is 6.20. The molecule has 2 bridgehead atoms. The Labute approximate surface area is 160 Å². The van der Waals surface area contributed by atoms with Crippen LogP contribution in [-0.2, 0) is 12.8 Å². The summed E-state index contributed by atoms with van der Waals surface area (Å²) < 4.78 is 0.